The van der Waals surface area contributed by atoms with E-state index in [1.165, 1.54) is 0 Å². The molecule has 0 saturated heterocycles. The zero-order valence-corrected chi connectivity index (χ0v) is 25.5. The van der Waals surface area contributed by atoms with Crippen LogP contribution in [0, 0.1) is 5.92 Å². The molecule has 0 spiro atoms. The summed E-state index contributed by atoms with van der Waals surface area (Å²) in [4.78, 5) is 46.4. The number of H-pyrrole nitrogens is 1. The van der Waals surface area contributed by atoms with Gasteiger partial charge in [-0.25, -0.2) is 0 Å². The summed E-state index contributed by atoms with van der Waals surface area (Å²) in [5.41, 5.74) is 11.2. The molecule has 1 aromatic heterocycles. The Labute approximate surface area is 262 Å². The fourth-order valence-corrected chi connectivity index (χ4v) is 6.21. The number of hydrazine groups is 1. The first-order valence-corrected chi connectivity index (χ1v) is 15.1. The van der Waals surface area contributed by atoms with Crippen LogP contribution in [0.2, 0.25) is 0 Å². The van der Waals surface area contributed by atoms with Crippen molar-refractivity contribution in [3.05, 3.63) is 125 Å². The van der Waals surface area contributed by atoms with E-state index >= 15 is 0 Å². The predicted octanol–water partition coefficient (Wildman–Crippen LogP) is 6.19. The number of carbonyl (C=O) groups is 3. The van der Waals surface area contributed by atoms with Crippen molar-refractivity contribution in [2.24, 2.45) is 5.92 Å². The van der Waals surface area contributed by atoms with Gasteiger partial charge in [0, 0.05) is 22.0 Å². The topological polar surface area (TPSA) is 104 Å². The van der Waals surface area contributed by atoms with Crippen molar-refractivity contribution in [2.75, 3.05) is 7.11 Å². The van der Waals surface area contributed by atoms with E-state index in [0.717, 1.165) is 38.9 Å². The van der Waals surface area contributed by atoms with Gasteiger partial charge in [0.15, 0.2) is 0 Å². The molecule has 8 heteroatoms. The minimum atomic E-state index is -0.853. The van der Waals surface area contributed by atoms with Gasteiger partial charge in [-0.3, -0.25) is 25.2 Å². The summed E-state index contributed by atoms with van der Waals surface area (Å²) in [7, 11) is 1.58. The number of carbonyl (C=O) groups excluding carboxylic acids is 3. The molecule has 0 fully saturated rings. The summed E-state index contributed by atoms with van der Waals surface area (Å²) in [6.07, 6.45) is 0.477. The number of methoxy groups -OCH3 is 1. The Kier molecular flexibility index (Phi) is 8.38. The minimum Gasteiger partial charge on any atom is -0.497 e. The number of rotatable bonds is 9. The van der Waals surface area contributed by atoms with Gasteiger partial charge in [-0.15, -0.1) is 0 Å². The summed E-state index contributed by atoms with van der Waals surface area (Å²) in [6.45, 7) is 4.04. The number of fused-ring (bicyclic) bond motifs is 2. The van der Waals surface area contributed by atoms with Crippen LogP contribution in [-0.4, -0.2) is 40.8 Å². The number of para-hydroxylation sites is 1. The van der Waals surface area contributed by atoms with Crippen molar-refractivity contribution in [1.29, 1.82) is 0 Å². The Morgan fingerprint density at radius 2 is 1.56 bits per heavy atom. The van der Waals surface area contributed by atoms with Crippen LogP contribution in [0.25, 0.3) is 22.2 Å². The molecule has 3 amide bonds. The minimum absolute atomic E-state index is 0.0750. The first kappa shape index (κ1) is 29.7. The van der Waals surface area contributed by atoms with Crippen LogP contribution in [-0.2, 0) is 16.0 Å². The molecule has 2 atom stereocenters. The third kappa shape index (κ3) is 5.91. The van der Waals surface area contributed by atoms with Crippen molar-refractivity contribution >= 4 is 28.6 Å². The summed E-state index contributed by atoms with van der Waals surface area (Å²) in [6, 6.07) is 31.4. The number of aromatic nitrogens is 1. The Hall–Kier alpha value is -5.37. The average molecular weight is 601 g/mol. The van der Waals surface area contributed by atoms with Gasteiger partial charge in [0.2, 0.25) is 5.91 Å². The van der Waals surface area contributed by atoms with E-state index in [1.807, 2.05) is 92.7 Å². The third-order valence-electron chi connectivity index (χ3n) is 8.26. The van der Waals surface area contributed by atoms with Gasteiger partial charge in [0.1, 0.15) is 11.8 Å². The zero-order chi connectivity index (χ0) is 31.5. The molecule has 1 aliphatic rings. The Bertz CT molecular complexity index is 1850. The second-order valence-electron chi connectivity index (χ2n) is 11.7. The van der Waals surface area contributed by atoms with E-state index < -0.39 is 18.0 Å². The Balaban J connectivity index is 1.37. The van der Waals surface area contributed by atoms with E-state index in [1.54, 1.807) is 36.3 Å². The van der Waals surface area contributed by atoms with Gasteiger partial charge >= 0.3 is 0 Å². The van der Waals surface area contributed by atoms with Crippen LogP contribution < -0.4 is 15.6 Å². The van der Waals surface area contributed by atoms with E-state index in [9.17, 15) is 14.4 Å². The summed E-state index contributed by atoms with van der Waals surface area (Å²) in [5, 5.41) is 0.979. The normalized spacial score (nSPS) is 14.8. The van der Waals surface area contributed by atoms with Crippen LogP contribution in [0.5, 0.6) is 5.75 Å². The molecule has 3 N–H and O–H groups in total. The van der Waals surface area contributed by atoms with Gasteiger partial charge in [-0.05, 0) is 53.3 Å². The lowest BCUT2D eigenvalue weighted by atomic mass is 9.91. The largest absolute Gasteiger partial charge is 0.497 e. The lowest BCUT2D eigenvalue weighted by Crippen LogP contribution is -2.54. The molecule has 1 aliphatic heterocycles. The van der Waals surface area contributed by atoms with Crippen LogP contribution >= 0.6 is 0 Å². The molecular formula is C37H36N4O4. The second kappa shape index (κ2) is 12.7. The van der Waals surface area contributed by atoms with Crippen molar-refractivity contribution in [3.8, 4) is 17.0 Å². The Morgan fingerprint density at radius 1 is 0.867 bits per heavy atom. The standard InChI is InChI=1S/C37H36N4O4/c1-23(2)21-31(36(43)40-39-32(42)22-24-17-19-26(45-3)20-18-24)41-35(27-13-7-8-14-28(27)37(41)44)33-29-15-9-10-16-30(29)38-34(33)25-11-5-4-6-12-25/h4-20,23,31,35,38H,21-22H2,1-3H3,(H,39,42)(H,40,43). The monoisotopic (exact) mass is 600 g/mol. The number of ether oxygens (including phenoxy) is 1. The van der Waals surface area contributed by atoms with E-state index in [0.29, 0.717) is 17.7 Å². The van der Waals surface area contributed by atoms with Crippen LogP contribution in [0.15, 0.2) is 103 Å². The average Bonchev–Trinajstić information content (AvgIpc) is 3.58. The third-order valence-corrected chi connectivity index (χ3v) is 8.26. The first-order valence-electron chi connectivity index (χ1n) is 15.1. The molecule has 0 aliphatic carbocycles. The molecule has 6 rings (SSSR count). The SMILES string of the molecule is COc1ccc(CC(=O)NNC(=O)C(CC(C)C)N2C(=O)c3ccccc3C2c2c(-c3ccccc3)[nH]c3ccccc23)cc1. The summed E-state index contributed by atoms with van der Waals surface area (Å²) in [5.74, 6) is -0.249. The molecule has 45 heavy (non-hydrogen) atoms. The number of benzene rings is 4. The smallest absolute Gasteiger partial charge is 0.261 e. The first-order chi connectivity index (χ1) is 21.9. The van der Waals surface area contributed by atoms with Crippen molar-refractivity contribution in [2.45, 2.75) is 38.8 Å². The molecular weight excluding hydrogens is 564 g/mol. The molecule has 2 heterocycles. The quantitative estimate of drug-likeness (QED) is 0.176. The van der Waals surface area contributed by atoms with Crippen molar-refractivity contribution in [3.63, 3.8) is 0 Å². The highest BCUT2D eigenvalue weighted by Gasteiger charge is 2.45. The van der Waals surface area contributed by atoms with E-state index in [-0.39, 0.29) is 24.2 Å². The maximum Gasteiger partial charge on any atom is 0.261 e. The summed E-state index contributed by atoms with van der Waals surface area (Å²) >= 11 is 0. The van der Waals surface area contributed by atoms with Crippen LogP contribution in [0.4, 0.5) is 0 Å². The molecule has 228 valence electrons. The van der Waals surface area contributed by atoms with Crippen molar-refractivity contribution < 1.29 is 19.1 Å². The fourth-order valence-electron chi connectivity index (χ4n) is 6.21. The zero-order valence-electron chi connectivity index (χ0n) is 25.5. The number of hydrogen-bond donors (Lipinski definition) is 3. The van der Waals surface area contributed by atoms with Gasteiger partial charge in [-0.2, -0.15) is 0 Å². The number of amides is 3. The maximum atomic E-state index is 14.3. The fraction of sp³-hybridized carbons (Fsp3) is 0.216. The molecule has 2 unspecified atom stereocenters. The molecule has 4 aromatic carbocycles. The molecule has 0 saturated carbocycles. The highest BCUT2D eigenvalue weighted by Crippen LogP contribution is 2.46. The van der Waals surface area contributed by atoms with E-state index in [2.05, 4.69) is 15.8 Å². The number of nitrogens with zero attached hydrogens (tertiary/aromatic N) is 1. The molecule has 5 aromatic rings. The maximum absolute atomic E-state index is 14.3. The number of aromatic amines is 1. The Morgan fingerprint density at radius 3 is 2.29 bits per heavy atom. The van der Waals surface area contributed by atoms with Gasteiger partial charge in [-0.1, -0.05) is 92.7 Å². The van der Waals surface area contributed by atoms with Gasteiger partial charge in [0.05, 0.1) is 25.3 Å². The number of hydrogen-bond acceptors (Lipinski definition) is 4. The molecule has 8 nitrogen and oxygen atoms in total. The highest BCUT2D eigenvalue weighted by atomic mass is 16.5. The van der Waals surface area contributed by atoms with E-state index in [4.69, 9.17) is 4.74 Å². The lowest BCUT2D eigenvalue weighted by Gasteiger charge is -2.34. The van der Waals surface area contributed by atoms with Crippen molar-refractivity contribution in [1.82, 2.24) is 20.7 Å². The van der Waals surface area contributed by atoms with Crippen LogP contribution in [0.3, 0.4) is 0 Å². The molecule has 0 radical (unpaired) electrons. The number of nitrogens with one attached hydrogen (secondary N) is 3. The second-order valence-corrected chi connectivity index (χ2v) is 11.7. The van der Waals surface area contributed by atoms with Gasteiger partial charge < -0.3 is 14.6 Å². The summed E-state index contributed by atoms with van der Waals surface area (Å²) < 4.78 is 5.19. The van der Waals surface area contributed by atoms with Crippen LogP contribution in [0.1, 0.15) is 53.4 Å². The highest BCUT2D eigenvalue weighted by molar-refractivity contribution is 6.04. The van der Waals surface area contributed by atoms with Gasteiger partial charge in [0.25, 0.3) is 11.8 Å². The lowest BCUT2D eigenvalue weighted by molar-refractivity contribution is -0.132. The molecule has 0 bridgehead atoms. The predicted molar refractivity (Wildman–Crippen MR) is 174 cm³/mol.